The van der Waals surface area contributed by atoms with Gasteiger partial charge in [-0.1, -0.05) is 18.2 Å². The van der Waals surface area contributed by atoms with Gasteiger partial charge in [-0.2, -0.15) is 0 Å². The lowest BCUT2D eigenvalue weighted by Crippen LogP contribution is -2.31. The molecule has 1 aliphatic heterocycles. The minimum atomic E-state index is -0.242. The van der Waals surface area contributed by atoms with Crippen molar-refractivity contribution in [2.24, 2.45) is 0 Å². The summed E-state index contributed by atoms with van der Waals surface area (Å²) in [7, 11) is 1.71. The van der Waals surface area contributed by atoms with E-state index in [1.54, 1.807) is 19.4 Å². The van der Waals surface area contributed by atoms with Gasteiger partial charge >= 0.3 is 0 Å². The first-order chi connectivity index (χ1) is 15.0. The number of nitrogens with one attached hydrogen (secondary N) is 1. The number of hydrogen-bond donors (Lipinski definition) is 1. The number of benzene rings is 1. The van der Waals surface area contributed by atoms with Crippen molar-refractivity contribution in [3.05, 3.63) is 83.2 Å². The second kappa shape index (κ2) is 9.16. The number of hydrogen-bond acceptors (Lipinski definition) is 3. The molecule has 0 unspecified atom stereocenters. The third-order valence-electron chi connectivity index (χ3n) is 5.83. The Labute approximate surface area is 187 Å². The van der Waals surface area contributed by atoms with Crippen molar-refractivity contribution >= 4 is 17.3 Å². The lowest BCUT2D eigenvalue weighted by Gasteiger charge is -2.28. The van der Waals surface area contributed by atoms with E-state index in [2.05, 4.69) is 21.3 Å². The molecule has 0 saturated carbocycles. The van der Waals surface area contributed by atoms with E-state index in [4.69, 9.17) is 17.0 Å². The van der Waals surface area contributed by atoms with Crippen molar-refractivity contribution in [1.82, 2.24) is 19.8 Å². The van der Waals surface area contributed by atoms with Crippen LogP contribution in [0.25, 0.3) is 5.69 Å². The van der Waals surface area contributed by atoms with Crippen LogP contribution in [0, 0.1) is 19.7 Å². The maximum atomic E-state index is 14.6. The molecule has 2 aromatic heterocycles. The zero-order valence-corrected chi connectivity index (χ0v) is 18.8. The van der Waals surface area contributed by atoms with Crippen LogP contribution in [-0.4, -0.2) is 39.8 Å². The van der Waals surface area contributed by atoms with Gasteiger partial charge in [0.25, 0.3) is 0 Å². The van der Waals surface area contributed by atoms with Gasteiger partial charge in [0.2, 0.25) is 0 Å². The molecule has 0 radical (unpaired) electrons. The molecule has 2 atom stereocenters. The molecular weight excluding hydrogens is 411 g/mol. The highest BCUT2D eigenvalue weighted by Crippen LogP contribution is 2.41. The molecule has 7 heteroatoms. The molecule has 1 aromatic carbocycles. The van der Waals surface area contributed by atoms with Crippen LogP contribution in [0.15, 0.2) is 54.7 Å². The summed E-state index contributed by atoms with van der Waals surface area (Å²) in [5.74, 6) is -0.242. The lowest BCUT2D eigenvalue weighted by molar-refractivity contribution is 0.180. The number of aromatic nitrogens is 2. The zero-order valence-electron chi connectivity index (χ0n) is 18.0. The summed E-state index contributed by atoms with van der Waals surface area (Å²) in [5.41, 5.74) is 4.57. The molecule has 1 aliphatic rings. The molecule has 3 heterocycles. The zero-order chi connectivity index (χ0) is 22.0. The molecule has 0 spiro atoms. The summed E-state index contributed by atoms with van der Waals surface area (Å²) in [6, 6.07) is 14.8. The number of rotatable bonds is 7. The van der Waals surface area contributed by atoms with E-state index in [0.717, 1.165) is 35.6 Å². The van der Waals surface area contributed by atoms with Gasteiger partial charge in [0, 0.05) is 37.8 Å². The number of nitrogens with zero attached hydrogens (tertiary/aromatic N) is 3. The number of ether oxygens (including phenoxy) is 1. The van der Waals surface area contributed by atoms with Gasteiger partial charge < -0.3 is 19.5 Å². The van der Waals surface area contributed by atoms with Gasteiger partial charge in [0.1, 0.15) is 5.82 Å². The molecule has 1 N–H and O–H groups in total. The van der Waals surface area contributed by atoms with E-state index in [1.165, 1.54) is 6.07 Å². The Morgan fingerprint density at radius 1 is 1.16 bits per heavy atom. The second-order valence-electron chi connectivity index (χ2n) is 7.78. The van der Waals surface area contributed by atoms with E-state index in [1.807, 2.05) is 48.7 Å². The van der Waals surface area contributed by atoms with Crippen molar-refractivity contribution in [2.45, 2.75) is 32.4 Å². The number of halogens is 1. The summed E-state index contributed by atoms with van der Waals surface area (Å²) < 4.78 is 21.9. The van der Waals surface area contributed by atoms with Crippen LogP contribution in [0.1, 0.15) is 41.1 Å². The van der Waals surface area contributed by atoms with Gasteiger partial charge in [0.05, 0.1) is 23.5 Å². The summed E-state index contributed by atoms with van der Waals surface area (Å²) in [4.78, 5) is 6.80. The summed E-state index contributed by atoms with van der Waals surface area (Å²) >= 11 is 5.72. The summed E-state index contributed by atoms with van der Waals surface area (Å²) in [6.07, 6.45) is 2.66. The molecule has 5 nitrogen and oxygen atoms in total. The molecule has 0 bridgehead atoms. The smallest absolute Gasteiger partial charge is 0.170 e. The van der Waals surface area contributed by atoms with Gasteiger partial charge in [0.15, 0.2) is 5.11 Å². The van der Waals surface area contributed by atoms with Gasteiger partial charge in [-0.25, -0.2) is 4.39 Å². The predicted octanol–water partition coefficient (Wildman–Crippen LogP) is 4.64. The molecule has 0 aliphatic carbocycles. The SMILES string of the molecule is COCCCN1C(=S)N[C@@H](c2ccccn2)[C@H]1c1cc(C)n(-c2ccccc2F)c1C. The minimum Gasteiger partial charge on any atom is -0.385 e. The average molecular weight is 439 g/mol. The molecule has 3 aromatic rings. The Kier molecular flexibility index (Phi) is 6.34. The first-order valence-electron chi connectivity index (χ1n) is 10.4. The first-order valence-corrected chi connectivity index (χ1v) is 10.8. The largest absolute Gasteiger partial charge is 0.385 e. The number of aryl methyl sites for hydroxylation is 1. The van der Waals surface area contributed by atoms with E-state index in [-0.39, 0.29) is 17.9 Å². The maximum Gasteiger partial charge on any atom is 0.170 e. The monoisotopic (exact) mass is 438 g/mol. The summed E-state index contributed by atoms with van der Waals surface area (Å²) in [6.45, 7) is 5.47. The highest BCUT2D eigenvalue weighted by Gasteiger charge is 2.41. The third kappa shape index (κ3) is 4.07. The van der Waals surface area contributed by atoms with Crippen molar-refractivity contribution in [2.75, 3.05) is 20.3 Å². The molecule has 0 amide bonds. The molecule has 31 heavy (non-hydrogen) atoms. The van der Waals surface area contributed by atoms with Gasteiger partial charge in [-0.3, -0.25) is 4.98 Å². The van der Waals surface area contributed by atoms with Crippen LogP contribution >= 0.6 is 12.2 Å². The van der Waals surface area contributed by atoms with Crippen LogP contribution in [0.4, 0.5) is 4.39 Å². The van der Waals surface area contributed by atoms with E-state index in [0.29, 0.717) is 17.4 Å². The van der Waals surface area contributed by atoms with Crippen molar-refractivity contribution < 1.29 is 9.13 Å². The average Bonchev–Trinajstić information content (AvgIpc) is 3.25. The number of methoxy groups -OCH3 is 1. The third-order valence-corrected chi connectivity index (χ3v) is 6.18. The Morgan fingerprint density at radius 2 is 1.94 bits per heavy atom. The highest BCUT2D eigenvalue weighted by molar-refractivity contribution is 7.80. The molecule has 4 rings (SSSR count). The van der Waals surface area contributed by atoms with Gasteiger partial charge in [-0.05, 0) is 68.4 Å². The van der Waals surface area contributed by atoms with Crippen molar-refractivity contribution in [3.8, 4) is 5.69 Å². The molecule has 162 valence electrons. The number of thiocarbonyl (C=S) groups is 1. The first kappa shape index (κ1) is 21.5. The molecule has 1 fully saturated rings. The standard InChI is InChI=1S/C24H27FN4OS/c1-16-15-18(17(2)29(16)21-11-5-4-9-19(21)25)23-22(20-10-6-7-12-26-20)27-24(31)28(23)13-8-14-30-3/h4-7,9-12,15,22-23H,8,13-14H2,1-3H3,(H,27,31)/t22-,23+/m0/s1. The Bertz CT molecular complexity index is 1070. The number of pyridine rings is 1. The van der Waals surface area contributed by atoms with Crippen LogP contribution in [0.5, 0.6) is 0 Å². The van der Waals surface area contributed by atoms with Crippen LogP contribution < -0.4 is 5.32 Å². The quantitative estimate of drug-likeness (QED) is 0.430. The Balaban J connectivity index is 1.80. The van der Waals surface area contributed by atoms with Crippen LogP contribution in [-0.2, 0) is 4.74 Å². The van der Waals surface area contributed by atoms with Crippen LogP contribution in [0.2, 0.25) is 0 Å². The van der Waals surface area contributed by atoms with Crippen LogP contribution in [0.3, 0.4) is 0 Å². The van der Waals surface area contributed by atoms with E-state index in [9.17, 15) is 4.39 Å². The van der Waals surface area contributed by atoms with Crippen molar-refractivity contribution in [3.63, 3.8) is 0 Å². The highest BCUT2D eigenvalue weighted by atomic mass is 32.1. The van der Waals surface area contributed by atoms with E-state index < -0.39 is 0 Å². The lowest BCUT2D eigenvalue weighted by atomic mass is 9.96. The molecule has 1 saturated heterocycles. The fourth-order valence-electron chi connectivity index (χ4n) is 4.45. The Morgan fingerprint density at radius 3 is 2.65 bits per heavy atom. The molecular formula is C24H27FN4OS. The fraction of sp³-hybridized carbons (Fsp3) is 0.333. The topological polar surface area (TPSA) is 42.3 Å². The maximum absolute atomic E-state index is 14.6. The number of para-hydroxylation sites is 1. The summed E-state index contributed by atoms with van der Waals surface area (Å²) in [5, 5.41) is 4.17. The predicted molar refractivity (Wildman–Crippen MR) is 124 cm³/mol. The van der Waals surface area contributed by atoms with Crippen molar-refractivity contribution in [1.29, 1.82) is 0 Å². The van der Waals surface area contributed by atoms with Gasteiger partial charge in [-0.15, -0.1) is 0 Å². The Hall–Kier alpha value is -2.77. The fourth-order valence-corrected chi connectivity index (χ4v) is 4.79. The van der Waals surface area contributed by atoms with E-state index >= 15 is 0 Å². The normalized spacial score (nSPS) is 18.5. The minimum absolute atomic E-state index is 0.0500. The second-order valence-corrected chi connectivity index (χ2v) is 8.17.